The standard InChI is InChI=1S/C6H11NO/c1-3-8-6(2)4-5-7/h6H,3-4H2,1-2H3. The molecule has 2 nitrogen and oxygen atoms in total. The Morgan fingerprint density at radius 3 is 2.75 bits per heavy atom. The van der Waals surface area contributed by atoms with Gasteiger partial charge in [0.2, 0.25) is 0 Å². The maximum atomic E-state index is 8.13. The van der Waals surface area contributed by atoms with E-state index in [1.165, 1.54) is 0 Å². The van der Waals surface area contributed by atoms with Gasteiger partial charge in [-0.05, 0) is 13.8 Å². The summed E-state index contributed by atoms with van der Waals surface area (Å²) in [6, 6.07) is 2.03. The van der Waals surface area contributed by atoms with E-state index in [4.69, 9.17) is 10.00 Å². The second-order valence-corrected chi connectivity index (χ2v) is 1.63. The highest BCUT2D eigenvalue weighted by Gasteiger charge is 1.95. The van der Waals surface area contributed by atoms with Crippen molar-refractivity contribution < 1.29 is 4.74 Å². The van der Waals surface area contributed by atoms with Crippen LogP contribution in [-0.2, 0) is 4.74 Å². The second-order valence-electron chi connectivity index (χ2n) is 1.63. The van der Waals surface area contributed by atoms with Gasteiger partial charge in [0, 0.05) is 6.61 Å². The van der Waals surface area contributed by atoms with Gasteiger partial charge in [0.1, 0.15) is 0 Å². The quantitative estimate of drug-likeness (QED) is 0.553. The molecule has 0 N–H and O–H groups in total. The van der Waals surface area contributed by atoms with Crippen LogP contribution >= 0.6 is 0 Å². The Labute approximate surface area is 50.1 Å². The van der Waals surface area contributed by atoms with Crippen LogP contribution < -0.4 is 0 Å². The molecule has 0 saturated heterocycles. The summed E-state index contributed by atoms with van der Waals surface area (Å²) in [6.07, 6.45) is 0.596. The summed E-state index contributed by atoms with van der Waals surface area (Å²) < 4.78 is 5.06. The Morgan fingerprint density at radius 1 is 1.75 bits per heavy atom. The summed E-state index contributed by atoms with van der Waals surface area (Å²) in [4.78, 5) is 0. The van der Waals surface area contributed by atoms with Crippen molar-refractivity contribution in [2.75, 3.05) is 6.61 Å². The van der Waals surface area contributed by atoms with Gasteiger partial charge in [-0.15, -0.1) is 0 Å². The van der Waals surface area contributed by atoms with Gasteiger partial charge in [0.15, 0.2) is 0 Å². The second kappa shape index (κ2) is 4.61. The molecule has 0 aromatic heterocycles. The predicted molar refractivity (Wildman–Crippen MR) is 31.3 cm³/mol. The van der Waals surface area contributed by atoms with Gasteiger partial charge in [-0.3, -0.25) is 0 Å². The zero-order valence-electron chi connectivity index (χ0n) is 5.35. The lowest BCUT2D eigenvalue weighted by molar-refractivity contribution is 0.0799. The van der Waals surface area contributed by atoms with Crippen LogP contribution in [0.1, 0.15) is 20.3 Å². The third-order valence-electron chi connectivity index (χ3n) is 0.830. The highest BCUT2D eigenvalue weighted by molar-refractivity contribution is 4.72. The molecule has 8 heavy (non-hydrogen) atoms. The zero-order chi connectivity index (χ0) is 6.41. The Balaban J connectivity index is 3.08. The minimum atomic E-state index is 0.102. The van der Waals surface area contributed by atoms with Crippen LogP contribution in [0.15, 0.2) is 0 Å². The molecule has 0 rings (SSSR count). The fourth-order valence-corrected chi connectivity index (χ4v) is 0.472. The summed E-state index contributed by atoms with van der Waals surface area (Å²) in [5.74, 6) is 0. The molecule has 0 heterocycles. The minimum absolute atomic E-state index is 0.102. The maximum Gasteiger partial charge on any atom is 0.0676 e. The Hall–Kier alpha value is -0.550. The molecular weight excluding hydrogens is 102 g/mol. The molecule has 46 valence electrons. The van der Waals surface area contributed by atoms with E-state index < -0.39 is 0 Å². The molecule has 0 fully saturated rings. The Kier molecular flexibility index (Phi) is 4.29. The van der Waals surface area contributed by atoms with E-state index in [1.807, 2.05) is 19.9 Å². The van der Waals surface area contributed by atoms with Crippen molar-refractivity contribution in [1.82, 2.24) is 0 Å². The summed E-state index contributed by atoms with van der Waals surface area (Å²) in [5, 5.41) is 8.13. The molecule has 0 aliphatic rings. The molecule has 0 spiro atoms. The first-order chi connectivity index (χ1) is 3.81. The fraction of sp³-hybridized carbons (Fsp3) is 0.833. The highest BCUT2D eigenvalue weighted by Crippen LogP contribution is 1.93. The maximum absolute atomic E-state index is 8.13. The number of hydrogen-bond donors (Lipinski definition) is 0. The summed E-state index contributed by atoms with van der Waals surface area (Å²) >= 11 is 0. The van der Waals surface area contributed by atoms with Crippen molar-refractivity contribution in [3.05, 3.63) is 0 Å². The van der Waals surface area contributed by atoms with E-state index >= 15 is 0 Å². The first kappa shape index (κ1) is 7.45. The number of rotatable bonds is 3. The molecule has 2 heteroatoms. The number of nitriles is 1. The van der Waals surface area contributed by atoms with E-state index in [9.17, 15) is 0 Å². The van der Waals surface area contributed by atoms with E-state index in [0.29, 0.717) is 13.0 Å². The van der Waals surface area contributed by atoms with E-state index in [-0.39, 0.29) is 6.10 Å². The highest BCUT2D eigenvalue weighted by atomic mass is 16.5. The molecule has 0 aliphatic heterocycles. The SMILES string of the molecule is CCOC(C)CC#N. The topological polar surface area (TPSA) is 33.0 Å². The van der Waals surface area contributed by atoms with Crippen LogP contribution in [0.3, 0.4) is 0 Å². The van der Waals surface area contributed by atoms with E-state index in [1.54, 1.807) is 0 Å². The third kappa shape index (κ3) is 3.63. The summed E-state index contributed by atoms with van der Waals surface area (Å²) in [6.45, 7) is 4.52. The van der Waals surface area contributed by atoms with Crippen LogP contribution in [0.2, 0.25) is 0 Å². The molecule has 1 atom stereocenters. The average molecular weight is 113 g/mol. The molecular formula is C6H11NO. The monoisotopic (exact) mass is 113 g/mol. The van der Waals surface area contributed by atoms with Crippen molar-refractivity contribution in [3.63, 3.8) is 0 Å². The fourth-order valence-electron chi connectivity index (χ4n) is 0.472. The van der Waals surface area contributed by atoms with Crippen LogP contribution in [0.5, 0.6) is 0 Å². The summed E-state index contributed by atoms with van der Waals surface area (Å²) in [5.41, 5.74) is 0. The van der Waals surface area contributed by atoms with Gasteiger partial charge < -0.3 is 4.74 Å². The van der Waals surface area contributed by atoms with Crippen LogP contribution in [0.25, 0.3) is 0 Å². The van der Waals surface area contributed by atoms with Crippen LogP contribution in [0, 0.1) is 11.3 Å². The van der Waals surface area contributed by atoms with Crippen molar-refractivity contribution in [3.8, 4) is 6.07 Å². The summed E-state index contributed by atoms with van der Waals surface area (Å²) in [7, 11) is 0. The molecule has 0 amide bonds. The van der Waals surface area contributed by atoms with Crippen molar-refractivity contribution in [2.45, 2.75) is 26.4 Å². The lowest BCUT2D eigenvalue weighted by Crippen LogP contribution is -2.05. The van der Waals surface area contributed by atoms with Crippen molar-refractivity contribution >= 4 is 0 Å². The molecule has 1 unspecified atom stereocenters. The zero-order valence-corrected chi connectivity index (χ0v) is 5.35. The third-order valence-corrected chi connectivity index (χ3v) is 0.830. The van der Waals surface area contributed by atoms with Gasteiger partial charge in [0.05, 0.1) is 18.6 Å². The minimum Gasteiger partial charge on any atom is -0.378 e. The number of hydrogen-bond acceptors (Lipinski definition) is 2. The smallest absolute Gasteiger partial charge is 0.0676 e. The average Bonchev–Trinajstić information content (AvgIpc) is 1.68. The number of ether oxygens (including phenoxy) is 1. The van der Waals surface area contributed by atoms with Crippen LogP contribution in [-0.4, -0.2) is 12.7 Å². The molecule has 0 aromatic rings. The molecule has 0 aliphatic carbocycles. The molecule has 0 bridgehead atoms. The number of nitrogens with zero attached hydrogens (tertiary/aromatic N) is 1. The van der Waals surface area contributed by atoms with E-state index in [0.717, 1.165) is 0 Å². The Morgan fingerprint density at radius 2 is 2.38 bits per heavy atom. The van der Waals surface area contributed by atoms with Gasteiger partial charge in [-0.1, -0.05) is 0 Å². The lowest BCUT2D eigenvalue weighted by atomic mass is 10.3. The van der Waals surface area contributed by atoms with Gasteiger partial charge >= 0.3 is 0 Å². The Bertz CT molecular complexity index is 85.0. The van der Waals surface area contributed by atoms with Gasteiger partial charge in [-0.2, -0.15) is 5.26 Å². The lowest BCUT2D eigenvalue weighted by Gasteiger charge is -2.04. The predicted octanol–water partition coefficient (Wildman–Crippen LogP) is 1.33. The largest absolute Gasteiger partial charge is 0.378 e. The first-order valence-electron chi connectivity index (χ1n) is 2.79. The van der Waals surface area contributed by atoms with Gasteiger partial charge in [-0.25, -0.2) is 0 Å². The normalized spacial score (nSPS) is 12.6. The molecule has 0 saturated carbocycles. The molecule has 0 aromatic carbocycles. The van der Waals surface area contributed by atoms with Crippen molar-refractivity contribution in [1.29, 1.82) is 5.26 Å². The van der Waals surface area contributed by atoms with Crippen LogP contribution in [0.4, 0.5) is 0 Å². The van der Waals surface area contributed by atoms with Gasteiger partial charge in [0.25, 0.3) is 0 Å². The van der Waals surface area contributed by atoms with Crippen molar-refractivity contribution in [2.24, 2.45) is 0 Å². The van der Waals surface area contributed by atoms with E-state index in [2.05, 4.69) is 0 Å². The molecule has 0 radical (unpaired) electrons. The first-order valence-corrected chi connectivity index (χ1v) is 2.79.